The second-order valence-electron chi connectivity index (χ2n) is 7.69. The molecule has 0 saturated heterocycles. The quantitative estimate of drug-likeness (QED) is 0.378. The minimum absolute atomic E-state index is 0.286. The Bertz CT molecular complexity index is 1520. The zero-order valence-corrected chi connectivity index (χ0v) is 18.5. The number of hydrogen-bond donors (Lipinski definition) is 2. The Morgan fingerprint density at radius 3 is 2.65 bits per heavy atom. The lowest BCUT2D eigenvalue weighted by molar-refractivity contribution is 0.388. The Hall–Kier alpha value is -4.47. The van der Waals surface area contributed by atoms with E-state index in [4.69, 9.17) is 4.74 Å². The predicted molar refractivity (Wildman–Crippen MR) is 125 cm³/mol. The molecule has 0 aliphatic rings. The summed E-state index contributed by atoms with van der Waals surface area (Å²) in [6.07, 6.45) is 1.49. The third-order valence-corrected chi connectivity index (χ3v) is 5.60. The second kappa shape index (κ2) is 8.81. The summed E-state index contributed by atoms with van der Waals surface area (Å²) in [5, 5.41) is 7.72. The summed E-state index contributed by atoms with van der Waals surface area (Å²) in [5.74, 6) is 0.778. The first-order valence-corrected chi connectivity index (χ1v) is 10.6. The number of aromatic nitrogens is 5. The Morgan fingerprint density at radius 1 is 1.12 bits per heavy atom. The Kier molecular flexibility index (Phi) is 5.54. The van der Waals surface area contributed by atoms with E-state index in [1.807, 2.05) is 47.9 Å². The van der Waals surface area contributed by atoms with Crippen LogP contribution in [-0.2, 0) is 6.54 Å². The number of aromatic amines is 1. The van der Waals surface area contributed by atoms with Crippen molar-refractivity contribution < 1.29 is 13.7 Å². The van der Waals surface area contributed by atoms with Gasteiger partial charge in [-0.25, -0.2) is 19.2 Å². The molecule has 0 radical (unpaired) electrons. The number of benzene rings is 2. The molecule has 5 aromatic rings. The van der Waals surface area contributed by atoms with Gasteiger partial charge in [-0.05, 0) is 25.1 Å². The van der Waals surface area contributed by atoms with Crippen LogP contribution < -0.4 is 15.8 Å². The molecule has 2 N–H and O–H groups in total. The molecule has 2 aromatic carbocycles. The van der Waals surface area contributed by atoms with Crippen molar-refractivity contribution in [2.24, 2.45) is 0 Å². The Morgan fingerprint density at radius 2 is 1.91 bits per heavy atom. The van der Waals surface area contributed by atoms with Crippen molar-refractivity contribution in [3.8, 4) is 28.4 Å². The monoisotopic (exact) mass is 460 g/mol. The van der Waals surface area contributed by atoms with Gasteiger partial charge in [-0.3, -0.25) is 9.51 Å². The number of aryl methyl sites for hydroxylation is 1. The smallest absolute Gasteiger partial charge is 0.439 e. The minimum Gasteiger partial charge on any atom is -0.496 e. The highest BCUT2D eigenvalue weighted by Gasteiger charge is 2.14. The third-order valence-electron chi connectivity index (χ3n) is 5.60. The van der Waals surface area contributed by atoms with Crippen molar-refractivity contribution in [3.05, 3.63) is 76.9 Å². The van der Waals surface area contributed by atoms with Gasteiger partial charge in [0.05, 0.1) is 18.3 Å². The fourth-order valence-corrected chi connectivity index (χ4v) is 3.97. The number of nitrogens with zero attached hydrogens (tertiary/aromatic N) is 4. The molecule has 0 spiro atoms. The number of halogens is 1. The molecule has 0 amide bonds. The highest BCUT2D eigenvalue weighted by Crippen LogP contribution is 2.31. The number of rotatable bonds is 7. The van der Waals surface area contributed by atoms with Gasteiger partial charge in [0.1, 0.15) is 23.7 Å². The molecule has 0 bridgehead atoms. The van der Waals surface area contributed by atoms with E-state index >= 15 is 0 Å². The molecule has 5 rings (SSSR count). The maximum atomic E-state index is 14.6. The lowest BCUT2D eigenvalue weighted by Crippen LogP contribution is -2.13. The van der Waals surface area contributed by atoms with Crippen molar-refractivity contribution in [1.29, 1.82) is 0 Å². The molecule has 34 heavy (non-hydrogen) atoms. The highest BCUT2D eigenvalue weighted by molar-refractivity contribution is 5.88. The van der Waals surface area contributed by atoms with Crippen molar-refractivity contribution in [3.63, 3.8) is 0 Å². The standard InChI is InChI=1S/C24H21FN6O3/c1-14-11-17-20(33-2)8-7-18(25)22(17)31(14)10-9-26-21-12-19(27-13-28-21)15-3-5-16(6-4-15)23-29-24(32)34-30-23/h3-8,11-13H,9-10H2,1-2H3,(H,26,27,28)(H,29,30,32). The fourth-order valence-electron chi connectivity index (χ4n) is 3.97. The Balaban J connectivity index is 1.31. The number of ether oxygens (including phenoxy) is 1. The molecular weight excluding hydrogens is 439 g/mol. The first-order valence-electron chi connectivity index (χ1n) is 10.6. The Labute approximate surface area is 193 Å². The molecule has 9 nitrogen and oxygen atoms in total. The summed E-state index contributed by atoms with van der Waals surface area (Å²) in [7, 11) is 1.58. The fraction of sp³-hybridized carbons (Fsp3) is 0.167. The van der Waals surface area contributed by atoms with Crippen LogP contribution in [0.2, 0.25) is 0 Å². The van der Waals surface area contributed by atoms with E-state index in [2.05, 4.69) is 29.9 Å². The van der Waals surface area contributed by atoms with Crippen molar-refractivity contribution >= 4 is 16.7 Å². The third kappa shape index (κ3) is 4.01. The van der Waals surface area contributed by atoms with Crippen LogP contribution in [0, 0.1) is 12.7 Å². The first kappa shape index (κ1) is 21.4. The van der Waals surface area contributed by atoms with Gasteiger partial charge in [0.15, 0.2) is 5.82 Å². The number of nitrogens with one attached hydrogen (secondary N) is 2. The maximum absolute atomic E-state index is 14.6. The molecule has 172 valence electrons. The van der Waals surface area contributed by atoms with Gasteiger partial charge in [-0.15, -0.1) is 0 Å². The summed E-state index contributed by atoms with van der Waals surface area (Å²) in [4.78, 5) is 22.3. The first-order chi connectivity index (χ1) is 16.5. The van der Waals surface area contributed by atoms with Crippen LogP contribution in [0.1, 0.15) is 5.69 Å². The average Bonchev–Trinajstić information content (AvgIpc) is 3.43. The number of fused-ring (bicyclic) bond motifs is 1. The van der Waals surface area contributed by atoms with Crippen molar-refractivity contribution in [2.45, 2.75) is 13.5 Å². The van der Waals surface area contributed by atoms with Crippen molar-refractivity contribution in [2.75, 3.05) is 19.0 Å². The minimum atomic E-state index is -0.601. The summed E-state index contributed by atoms with van der Waals surface area (Å²) in [5.41, 5.74) is 3.80. The number of methoxy groups -OCH3 is 1. The summed E-state index contributed by atoms with van der Waals surface area (Å²) in [6, 6.07) is 14.2. The van der Waals surface area contributed by atoms with Crippen LogP contribution in [0.25, 0.3) is 33.5 Å². The van der Waals surface area contributed by atoms with Crippen LogP contribution in [0.3, 0.4) is 0 Å². The molecule has 10 heteroatoms. The number of H-pyrrole nitrogens is 1. The summed E-state index contributed by atoms with van der Waals surface area (Å²) < 4.78 is 26.4. The second-order valence-corrected chi connectivity index (χ2v) is 7.69. The van der Waals surface area contributed by atoms with Crippen molar-refractivity contribution in [1.82, 2.24) is 24.7 Å². The normalized spacial score (nSPS) is 11.1. The summed E-state index contributed by atoms with van der Waals surface area (Å²) >= 11 is 0. The van der Waals surface area contributed by atoms with Crippen LogP contribution in [0.4, 0.5) is 10.2 Å². The molecule has 0 saturated carbocycles. The molecule has 0 unspecified atom stereocenters. The highest BCUT2D eigenvalue weighted by atomic mass is 19.1. The molecule has 3 aromatic heterocycles. The van der Waals surface area contributed by atoms with E-state index in [1.165, 1.54) is 12.4 Å². The molecule has 3 heterocycles. The zero-order chi connectivity index (χ0) is 23.7. The largest absolute Gasteiger partial charge is 0.496 e. The average molecular weight is 460 g/mol. The van der Waals surface area contributed by atoms with Crippen LogP contribution >= 0.6 is 0 Å². The van der Waals surface area contributed by atoms with E-state index in [0.29, 0.717) is 36.0 Å². The zero-order valence-electron chi connectivity index (χ0n) is 18.5. The van der Waals surface area contributed by atoms with E-state index in [-0.39, 0.29) is 5.82 Å². The SMILES string of the molecule is COc1ccc(F)c2c1cc(C)n2CCNc1cc(-c2ccc(-c3noc(=O)[nH]3)cc2)ncn1. The molecule has 0 aliphatic carbocycles. The molecule has 0 atom stereocenters. The number of anilines is 1. The van der Waals surface area contributed by atoms with Crippen LogP contribution in [-0.4, -0.2) is 38.3 Å². The van der Waals surface area contributed by atoms with E-state index < -0.39 is 5.76 Å². The summed E-state index contributed by atoms with van der Waals surface area (Å²) in [6.45, 7) is 3.03. The maximum Gasteiger partial charge on any atom is 0.439 e. The number of hydrogen-bond acceptors (Lipinski definition) is 7. The van der Waals surface area contributed by atoms with Gasteiger partial charge in [0.2, 0.25) is 0 Å². The van der Waals surface area contributed by atoms with E-state index in [1.54, 1.807) is 13.2 Å². The van der Waals surface area contributed by atoms with Gasteiger partial charge in [-0.1, -0.05) is 29.4 Å². The lowest BCUT2D eigenvalue weighted by atomic mass is 10.1. The molecule has 0 aliphatic heterocycles. The van der Waals surface area contributed by atoms with Crippen LogP contribution in [0.5, 0.6) is 5.75 Å². The predicted octanol–water partition coefficient (Wildman–Crippen LogP) is 4.01. The topological polar surface area (TPSA) is 111 Å². The molecule has 0 fully saturated rings. The van der Waals surface area contributed by atoms with Gasteiger partial charge >= 0.3 is 5.76 Å². The van der Waals surface area contributed by atoms with Gasteiger partial charge in [0.25, 0.3) is 0 Å². The lowest BCUT2D eigenvalue weighted by Gasteiger charge is -2.12. The van der Waals surface area contributed by atoms with Gasteiger partial charge < -0.3 is 14.6 Å². The van der Waals surface area contributed by atoms with Gasteiger partial charge in [-0.2, -0.15) is 0 Å². The van der Waals surface area contributed by atoms with E-state index in [9.17, 15) is 9.18 Å². The molecular formula is C24H21FN6O3. The van der Waals surface area contributed by atoms with Gasteiger partial charge in [0, 0.05) is 41.4 Å². The van der Waals surface area contributed by atoms with Crippen LogP contribution in [0.15, 0.2) is 64.2 Å². The van der Waals surface area contributed by atoms with E-state index in [0.717, 1.165) is 27.9 Å².